The Labute approximate surface area is 153 Å². The van der Waals surface area contributed by atoms with Crippen molar-refractivity contribution in [1.82, 2.24) is 0 Å². The summed E-state index contributed by atoms with van der Waals surface area (Å²) < 4.78 is 5.26. The van der Waals surface area contributed by atoms with Crippen LogP contribution in [0.25, 0.3) is 17.2 Å². The molecule has 0 fully saturated rings. The Hall–Kier alpha value is -3.13. The average Bonchev–Trinajstić information content (AvgIpc) is 2.71. The number of carbonyl (C=O) groups is 1. The minimum Gasteiger partial charge on any atom is -0.497 e. The lowest BCUT2D eigenvalue weighted by Gasteiger charge is -2.18. The number of benzene rings is 3. The van der Waals surface area contributed by atoms with E-state index in [4.69, 9.17) is 4.74 Å². The van der Waals surface area contributed by atoms with Gasteiger partial charge in [-0.05, 0) is 59.4 Å². The molecule has 128 valence electrons. The van der Waals surface area contributed by atoms with Crippen molar-refractivity contribution < 1.29 is 9.53 Å². The molecule has 4 rings (SSSR count). The first-order chi connectivity index (χ1) is 12.7. The minimum absolute atomic E-state index is 0.126. The lowest BCUT2D eigenvalue weighted by atomic mass is 9.86. The lowest BCUT2D eigenvalue weighted by Crippen LogP contribution is -2.14. The second-order valence-corrected chi connectivity index (χ2v) is 6.51. The molecule has 0 unspecified atom stereocenters. The van der Waals surface area contributed by atoms with Crippen LogP contribution in [0.4, 0.5) is 0 Å². The van der Waals surface area contributed by atoms with E-state index < -0.39 is 0 Å². The predicted octanol–water partition coefficient (Wildman–Crippen LogP) is 5.57. The van der Waals surface area contributed by atoms with Gasteiger partial charge in [0.1, 0.15) is 5.75 Å². The number of hydrogen-bond donors (Lipinski definition) is 0. The molecule has 1 aliphatic carbocycles. The van der Waals surface area contributed by atoms with Gasteiger partial charge in [0, 0.05) is 11.1 Å². The highest BCUT2D eigenvalue weighted by molar-refractivity contribution is 6.13. The average molecular weight is 340 g/mol. The molecule has 0 aliphatic heterocycles. The van der Waals surface area contributed by atoms with Gasteiger partial charge in [-0.15, -0.1) is 0 Å². The molecule has 0 radical (unpaired) electrons. The number of allylic oxidation sites excluding steroid dienone is 1. The molecule has 2 heteroatoms. The van der Waals surface area contributed by atoms with Gasteiger partial charge in [-0.2, -0.15) is 0 Å². The van der Waals surface area contributed by atoms with E-state index in [0.29, 0.717) is 0 Å². The zero-order chi connectivity index (χ0) is 17.9. The van der Waals surface area contributed by atoms with E-state index >= 15 is 0 Å². The van der Waals surface area contributed by atoms with Crippen LogP contribution >= 0.6 is 0 Å². The summed E-state index contributed by atoms with van der Waals surface area (Å²) in [5, 5.41) is 0. The number of carbonyl (C=O) groups excluding carboxylic acids is 1. The van der Waals surface area contributed by atoms with Crippen LogP contribution in [0.2, 0.25) is 0 Å². The summed E-state index contributed by atoms with van der Waals surface area (Å²) in [6, 6.07) is 24.4. The normalized spacial score (nSPS) is 15.0. The van der Waals surface area contributed by atoms with Crippen molar-refractivity contribution in [3.63, 3.8) is 0 Å². The summed E-state index contributed by atoms with van der Waals surface area (Å²) in [7, 11) is 1.65. The van der Waals surface area contributed by atoms with Gasteiger partial charge in [-0.1, -0.05) is 54.6 Å². The van der Waals surface area contributed by atoms with Crippen LogP contribution < -0.4 is 4.74 Å². The molecular weight excluding hydrogens is 320 g/mol. The van der Waals surface area contributed by atoms with Gasteiger partial charge in [-0.25, -0.2) is 0 Å². The van der Waals surface area contributed by atoms with Gasteiger partial charge >= 0.3 is 0 Å². The summed E-state index contributed by atoms with van der Waals surface area (Å²) >= 11 is 0. The van der Waals surface area contributed by atoms with Crippen LogP contribution in [-0.4, -0.2) is 12.9 Å². The van der Waals surface area contributed by atoms with E-state index in [9.17, 15) is 4.79 Å². The first-order valence-corrected chi connectivity index (χ1v) is 8.82. The molecule has 2 nitrogen and oxygen atoms in total. The Balaban J connectivity index is 1.59. The molecule has 0 N–H and O–H groups in total. The largest absolute Gasteiger partial charge is 0.497 e. The number of hydrogen-bond acceptors (Lipinski definition) is 2. The maximum Gasteiger partial charge on any atom is 0.189 e. The smallest absolute Gasteiger partial charge is 0.189 e. The van der Waals surface area contributed by atoms with E-state index in [2.05, 4.69) is 36.4 Å². The fourth-order valence-electron chi connectivity index (χ4n) is 3.42. The molecule has 0 spiro atoms. The monoisotopic (exact) mass is 340 g/mol. The van der Waals surface area contributed by atoms with E-state index in [-0.39, 0.29) is 5.78 Å². The molecule has 0 heterocycles. The van der Waals surface area contributed by atoms with Crippen LogP contribution in [0.5, 0.6) is 5.75 Å². The summed E-state index contributed by atoms with van der Waals surface area (Å²) in [5.41, 5.74) is 6.18. The highest BCUT2D eigenvalue weighted by Gasteiger charge is 2.22. The van der Waals surface area contributed by atoms with Crippen LogP contribution in [0, 0.1) is 0 Å². The standard InChI is InChI=1S/C24H20O2/c1-26-22-13-14-23-20(16-22)11-12-21(24(23)25)15-17-7-9-19(10-8-17)18-5-3-2-4-6-18/h2-10,13-16H,11-12H2,1H3/b21-15-. The number of rotatable bonds is 3. The Bertz CT molecular complexity index is 967. The predicted molar refractivity (Wildman–Crippen MR) is 106 cm³/mol. The van der Waals surface area contributed by atoms with Crippen LogP contribution in [0.1, 0.15) is 27.9 Å². The van der Waals surface area contributed by atoms with Crippen molar-refractivity contribution in [3.8, 4) is 16.9 Å². The number of methoxy groups -OCH3 is 1. The number of ether oxygens (including phenoxy) is 1. The summed E-state index contributed by atoms with van der Waals surface area (Å²) in [6.45, 7) is 0. The van der Waals surface area contributed by atoms with Gasteiger partial charge < -0.3 is 4.74 Å². The molecule has 0 saturated carbocycles. The Morgan fingerprint density at radius 1 is 0.846 bits per heavy atom. The molecule has 3 aromatic rings. The van der Waals surface area contributed by atoms with E-state index in [1.54, 1.807) is 7.11 Å². The van der Waals surface area contributed by atoms with Gasteiger partial charge in [0.05, 0.1) is 7.11 Å². The highest BCUT2D eigenvalue weighted by Crippen LogP contribution is 2.29. The third-order valence-corrected chi connectivity index (χ3v) is 4.87. The molecule has 0 aromatic heterocycles. The second kappa shape index (κ2) is 7.01. The Morgan fingerprint density at radius 3 is 2.31 bits per heavy atom. The van der Waals surface area contributed by atoms with Gasteiger partial charge in [0.15, 0.2) is 5.78 Å². The molecule has 3 aromatic carbocycles. The van der Waals surface area contributed by atoms with Crippen molar-refractivity contribution in [1.29, 1.82) is 0 Å². The maximum atomic E-state index is 12.8. The van der Waals surface area contributed by atoms with Crippen molar-refractivity contribution in [2.45, 2.75) is 12.8 Å². The molecule has 26 heavy (non-hydrogen) atoms. The fraction of sp³-hybridized carbons (Fsp3) is 0.125. The van der Waals surface area contributed by atoms with E-state index in [1.165, 1.54) is 11.1 Å². The molecule has 0 atom stereocenters. The van der Waals surface area contributed by atoms with Crippen LogP contribution in [0.3, 0.4) is 0 Å². The van der Waals surface area contributed by atoms with E-state index in [1.807, 2.05) is 42.5 Å². The highest BCUT2D eigenvalue weighted by atomic mass is 16.5. The molecule has 0 saturated heterocycles. The first-order valence-electron chi connectivity index (χ1n) is 8.82. The quantitative estimate of drug-likeness (QED) is 0.582. The second-order valence-electron chi connectivity index (χ2n) is 6.51. The Kier molecular flexibility index (Phi) is 4.40. The van der Waals surface area contributed by atoms with Crippen molar-refractivity contribution in [3.05, 3.63) is 95.1 Å². The fourth-order valence-corrected chi connectivity index (χ4v) is 3.42. The topological polar surface area (TPSA) is 26.3 Å². The van der Waals surface area contributed by atoms with Crippen LogP contribution in [-0.2, 0) is 6.42 Å². The first kappa shape index (κ1) is 16.3. The molecule has 0 amide bonds. The van der Waals surface area contributed by atoms with Gasteiger partial charge in [0.25, 0.3) is 0 Å². The number of fused-ring (bicyclic) bond motifs is 1. The number of aryl methyl sites for hydroxylation is 1. The lowest BCUT2D eigenvalue weighted by molar-refractivity contribution is 0.102. The van der Waals surface area contributed by atoms with Crippen molar-refractivity contribution in [2.24, 2.45) is 0 Å². The SMILES string of the molecule is COc1ccc2c(c1)CC/C(=C/c1ccc(-c3ccccc3)cc1)C2=O. The summed E-state index contributed by atoms with van der Waals surface area (Å²) in [6.07, 6.45) is 3.65. The molecular formula is C24H20O2. The van der Waals surface area contributed by atoms with Crippen molar-refractivity contribution >= 4 is 11.9 Å². The number of ketones is 1. The number of Topliss-reactive ketones (excluding diaryl/α,β-unsaturated/α-hetero) is 1. The molecule has 0 bridgehead atoms. The van der Waals surface area contributed by atoms with Crippen molar-refractivity contribution in [2.75, 3.05) is 7.11 Å². The van der Waals surface area contributed by atoms with Gasteiger partial charge in [0.2, 0.25) is 0 Å². The van der Waals surface area contributed by atoms with Crippen LogP contribution in [0.15, 0.2) is 78.4 Å². The summed E-state index contributed by atoms with van der Waals surface area (Å²) in [5.74, 6) is 0.932. The third-order valence-electron chi connectivity index (χ3n) is 4.87. The zero-order valence-electron chi connectivity index (χ0n) is 14.7. The Morgan fingerprint density at radius 2 is 1.58 bits per heavy atom. The van der Waals surface area contributed by atoms with E-state index in [0.717, 1.165) is 40.9 Å². The van der Waals surface area contributed by atoms with Gasteiger partial charge in [-0.3, -0.25) is 4.79 Å². The third kappa shape index (κ3) is 3.18. The maximum absolute atomic E-state index is 12.8. The zero-order valence-corrected chi connectivity index (χ0v) is 14.7. The molecule has 1 aliphatic rings. The minimum atomic E-state index is 0.126. The summed E-state index contributed by atoms with van der Waals surface area (Å²) in [4.78, 5) is 12.8.